The molecule has 0 atom stereocenters. The molecule has 0 radical (unpaired) electrons. The van der Waals surface area contributed by atoms with Crippen LogP contribution in [-0.2, 0) is 6.18 Å². The fourth-order valence-electron chi connectivity index (χ4n) is 1.37. The number of nitrogens with two attached hydrogens (primary N) is 1. The number of para-hydroxylation sites is 1. The van der Waals surface area contributed by atoms with Crippen molar-refractivity contribution in [3.63, 3.8) is 0 Å². The molecule has 8 heteroatoms. The maximum absolute atomic E-state index is 12.7. The second-order valence-electron chi connectivity index (χ2n) is 3.48. The topological polar surface area (TPSA) is 73.1 Å². The third kappa shape index (κ3) is 3.10. The molecule has 1 aromatic carbocycles. The van der Waals surface area contributed by atoms with Crippen LogP contribution in [0.4, 0.5) is 19.0 Å². The van der Waals surface area contributed by atoms with Gasteiger partial charge in [-0.05, 0) is 12.1 Å². The predicted octanol–water partition coefficient (Wildman–Crippen LogP) is 2.57. The zero-order valence-electron chi connectivity index (χ0n) is 9.48. The first-order valence-electron chi connectivity index (χ1n) is 5.13. The maximum Gasteiger partial charge on any atom is 0.419 e. The first-order valence-corrected chi connectivity index (χ1v) is 5.13. The molecule has 0 aliphatic heterocycles. The van der Waals surface area contributed by atoms with Crippen LogP contribution in [0.5, 0.6) is 11.6 Å². The Morgan fingerprint density at radius 1 is 1.16 bits per heavy atom. The standard InChI is InChI=1S/C11H9F3N4O/c12-11(13,14)7-3-1-2-4-8(7)19-10-6-16-5-9(17-10)18-15/h1-6H,15H2,(H,17,18). The highest BCUT2D eigenvalue weighted by molar-refractivity contribution is 5.39. The fourth-order valence-corrected chi connectivity index (χ4v) is 1.37. The number of alkyl halides is 3. The van der Waals surface area contributed by atoms with Gasteiger partial charge in [-0.3, -0.25) is 4.98 Å². The van der Waals surface area contributed by atoms with Gasteiger partial charge in [0.1, 0.15) is 5.75 Å². The number of aromatic nitrogens is 2. The van der Waals surface area contributed by atoms with Gasteiger partial charge >= 0.3 is 6.18 Å². The van der Waals surface area contributed by atoms with Crippen LogP contribution in [0.2, 0.25) is 0 Å². The zero-order chi connectivity index (χ0) is 13.9. The summed E-state index contributed by atoms with van der Waals surface area (Å²) in [5.74, 6) is 4.87. The number of nitrogen functional groups attached to an aromatic ring is 1. The van der Waals surface area contributed by atoms with Crippen LogP contribution >= 0.6 is 0 Å². The molecule has 3 N–H and O–H groups in total. The maximum atomic E-state index is 12.7. The van der Waals surface area contributed by atoms with Gasteiger partial charge in [0.2, 0.25) is 5.88 Å². The summed E-state index contributed by atoms with van der Waals surface area (Å²) in [5.41, 5.74) is 1.34. The van der Waals surface area contributed by atoms with Crippen molar-refractivity contribution in [1.29, 1.82) is 0 Å². The highest BCUT2D eigenvalue weighted by Crippen LogP contribution is 2.37. The summed E-state index contributed by atoms with van der Waals surface area (Å²) in [7, 11) is 0. The van der Waals surface area contributed by atoms with Gasteiger partial charge in [0, 0.05) is 0 Å². The molecule has 0 aliphatic carbocycles. The molecule has 0 aliphatic rings. The summed E-state index contributed by atoms with van der Waals surface area (Å²) in [4.78, 5) is 7.55. The molecule has 0 saturated heterocycles. The lowest BCUT2D eigenvalue weighted by atomic mass is 10.2. The zero-order valence-corrected chi connectivity index (χ0v) is 9.48. The number of nitrogens with zero attached hydrogens (tertiary/aromatic N) is 2. The third-order valence-corrected chi connectivity index (χ3v) is 2.17. The van der Waals surface area contributed by atoms with Crippen LogP contribution in [-0.4, -0.2) is 9.97 Å². The molecule has 5 nitrogen and oxygen atoms in total. The number of rotatable bonds is 3. The predicted molar refractivity (Wildman–Crippen MR) is 61.4 cm³/mol. The molecule has 100 valence electrons. The lowest BCUT2D eigenvalue weighted by Crippen LogP contribution is -2.10. The molecule has 0 spiro atoms. The molecule has 0 unspecified atom stereocenters. The average molecular weight is 270 g/mol. The molecule has 0 saturated carbocycles. The number of hydrogen-bond donors (Lipinski definition) is 2. The van der Waals surface area contributed by atoms with Gasteiger partial charge in [-0.15, -0.1) is 0 Å². The summed E-state index contributed by atoms with van der Waals surface area (Å²) in [6, 6.07) is 4.84. The fraction of sp³-hybridized carbons (Fsp3) is 0.0909. The lowest BCUT2D eigenvalue weighted by molar-refractivity contribution is -0.138. The quantitative estimate of drug-likeness (QED) is 0.662. The number of nitrogens with one attached hydrogen (secondary N) is 1. The highest BCUT2D eigenvalue weighted by atomic mass is 19.4. The minimum absolute atomic E-state index is 0.0906. The van der Waals surface area contributed by atoms with Crippen molar-refractivity contribution in [3.05, 3.63) is 42.2 Å². The molecule has 0 amide bonds. The van der Waals surface area contributed by atoms with Crippen molar-refractivity contribution in [2.45, 2.75) is 6.18 Å². The molecule has 19 heavy (non-hydrogen) atoms. The van der Waals surface area contributed by atoms with Crippen LogP contribution in [0.3, 0.4) is 0 Å². The largest absolute Gasteiger partial charge is 0.437 e. The van der Waals surface area contributed by atoms with E-state index < -0.39 is 11.7 Å². The van der Waals surface area contributed by atoms with E-state index in [-0.39, 0.29) is 17.4 Å². The Hall–Kier alpha value is -2.35. The Balaban J connectivity index is 2.33. The van der Waals surface area contributed by atoms with Crippen LogP contribution in [0.1, 0.15) is 5.56 Å². The van der Waals surface area contributed by atoms with Gasteiger partial charge in [-0.25, -0.2) is 5.84 Å². The van der Waals surface area contributed by atoms with E-state index in [1.54, 1.807) is 0 Å². The van der Waals surface area contributed by atoms with Crippen LogP contribution in [0.25, 0.3) is 0 Å². The Morgan fingerprint density at radius 3 is 2.58 bits per heavy atom. The number of hydrazine groups is 1. The van der Waals surface area contributed by atoms with E-state index >= 15 is 0 Å². The van der Waals surface area contributed by atoms with Gasteiger partial charge in [-0.2, -0.15) is 18.2 Å². The van der Waals surface area contributed by atoms with E-state index in [4.69, 9.17) is 10.6 Å². The van der Waals surface area contributed by atoms with E-state index in [1.165, 1.54) is 30.6 Å². The van der Waals surface area contributed by atoms with Crippen molar-refractivity contribution in [1.82, 2.24) is 9.97 Å². The van der Waals surface area contributed by atoms with Crippen LogP contribution in [0.15, 0.2) is 36.7 Å². The number of anilines is 1. The number of ether oxygens (including phenoxy) is 1. The summed E-state index contributed by atoms with van der Waals surface area (Å²) < 4.78 is 43.3. The van der Waals surface area contributed by atoms with Crippen molar-refractivity contribution < 1.29 is 17.9 Å². The Labute approximate surface area is 106 Å². The average Bonchev–Trinajstić information content (AvgIpc) is 2.38. The highest BCUT2D eigenvalue weighted by Gasteiger charge is 2.34. The van der Waals surface area contributed by atoms with E-state index in [0.29, 0.717) is 0 Å². The van der Waals surface area contributed by atoms with Gasteiger partial charge in [0.05, 0.1) is 18.0 Å². The third-order valence-electron chi connectivity index (χ3n) is 2.17. The molecule has 0 bridgehead atoms. The summed E-state index contributed by atoms with van der Waals surface area (Å²) >= 11 is 0. The SMILES string of the molecule is NNc1cncc(Oc2ccccc2C(F)(F)F)n1. The van der Waals surface area contributed by atoms with Crippen molar-refractivity contribution >= 4 is 5.82 Å². The first kappa shape index (κ1) is 13.1. The second-order valence-corrected chi connectivity index (χ2v) is 3.48. The number of hydrogen-bond acceptors (Lipinski definition) is 5. The second kappa shape index (κ2) is 5.11. The molecule has 2 rings (SSSR count). The molecular formula is C11H9F3N4O. The van der Waals surface area contributed by atoms with E-state index in [1.807, 2.05) is 0 Å². The first-order chi connectivity index (χ1) is 9.00. The van der Waals surface area contributed by atoms with Crippen molar-refractivity contribution in [2.24, 2.45) is 5.84 Å². The molecule has 0 fully saturated rings. The molecule has 1 heterocycles. The molecule has 1 aromatic heterocycles. The van der Waals surface area contributed by atoms with Crippen molar-refractivity contribution in [3.8, 4) is 11.6 Å². The van der Waals surface area contributed by atoms with E-state index in [2.05, 4.69) is 15.4 Å². The van der Waals surface area contributed by atoms with E-state index in [9.17, 15) is 13.2 Å². The summed E-state index contributed by atoms with van der Waals surface area (Å²) in [6.45, 7) is 0. The number of benzene rings is 1. The molecular weight excluding hydrogens is 261 g/mol. The summed E-state index contributed by atoms with van der Waals surface area (Å²) in [6.07, 6.45) is -2.01. The van der Waals surface area contributed by atoms with Crippen molar-refractivity contribution in [2.75, 3.05) is 5.43 Å². The minimum atomic E-state index is -4.51. The number of halogens is 3. The minimum Gasteiger partial charge on any atom is -0.437 e. The van der Waals surface area contributed by atoms with Gasteiger partial charge in [0.25, 0.3) is 0 Å². The summed E-state index contributed by atoms with van der Waals surface area (Å²) in [5, 5.41) is 0. The van der Waals surface area contributed by atoms with Gasteiger partial charge in [0.15, 0.2) is 5.82 Å². The Kier molecular flexibility index (Phi) is 3.52. The van der Waals surface area contributed by atoms with Crippen LogP contribution in [0, 0.1) is 0 Å². The Bertz CT molecular complexity index is 574. The van der Waals surface area contributed by atoms with Gasteiger partial charge < -0.3 is 10.2 Å². The lowest BCUT2D eigenvalue weighted by Gasteiger charge is -2.12. The molecule has 2 aromatic rings. The van der Waals surface area contributed by atoms with Crippen LogP contribution < -0.4 is 16.0 Å². The van der Waals surface area contributed by atoms with Gasteiger partial charge in [-0.1, -0.05) is 12.1 Å². The van der Waals surface area contributed by atoms with E-state index in [0.717, 1.165) is 6.07 Å². The normalized spacial score (nSPS) is 11.2. The smallest absolute Gasteiger partial charge is 0.419 e. The monoisotopic (exact) mass is 270 g/mol. The Morgan fingerprint density at radius 2 is 1.89 bits per heavy atom.